The number of halogens is 3. The molecule has 0 bridgehead atoms. The standard InChI is InChI=1S/C10H19F3N2O2/c1-7(6-9(2,15)8(14)16)17-5-3-4-10(11,12)13/h7H,3-6,15H2,1-2H3,(H2,14,16). The van der Waals surface area contributed by atoms with E-state index in [-0.39, 0.29) is 19.4 Å². The van der Waals surface area contributed by atoms with E-state index in [1.165, 1.54) is 6.92 Å². The number of nitrogens with two attached hydrogens (primary N) is 2. The van der Waals surface area contributed by atoms with E-state index >= 15 is 0 Å². The number of rotatable bonds is 7. The fraction of sp³-hybridized carbons (Fsp3) is 0.900. The van der Waals surface area contributed by atoms with Crippen molar-refractivity contribution in [3.8, 4) is 0 Å². The van der Waals surface area contributed by atoms with Crippen LogP contribution < -0.4 is 11.5 Å². The van der Waals surface area contributed by atoms with Gasteiger partial charge in [-0.05, 0) is 26.7 Å². The van der Waals surface area contributed by atoms with Crippen molar-refractivity contribution in [2.75, 3.05) is 6.61 Å². The van der Waals surface area contributed by atoms with Crippen molar-refractivity contribution in [2.24, 2.45) is 11.5 Å². The Morgan fingerprint density at radius 3 is 2.35 bits per heavy atom. The predicted molar refractivity (Wildman–Crippen MR) is 57.1 cm³/mol. The molecule has 0 heterocycles. The van der Waals surface area contributed by atoms with E-state index in [4.69, 9.17) is 16.2 Å². The molecule has 4 nitrogen and oxygen atoms in total. The summed E-state index contributed by atoms with van der Waals surface area (Å²) in [4.78, 5) is 10.9. The van der Waals surface area contributed by atoms with Gasteiger partial charge in [-0.15, -0.1) is 0 Å². The fourth-order valence-electron chi connectivity index (χ4n) is 1.31. The van der Waals surface area contributed by atoms with Crippen molar-refractivity contribution >= 4 is 5.91 Å². The maximum Gasteiger partial charge on any atom is 0.389 e. The minimum absolute atomic E-state index is 0.0183. The predicted octanol–water partition coefficient (Wildman–Crippen LogP) is 1.33. The summed E-state index contributed by atoms with van der Waals surface area (Å²) in [5.74, 6) is -0.664. The smallest absolute Gasteiger partial charge is 0.378 e. The van der Waals surface area contributed by atoms with Crippen LogP contribution in [0.3, 0.4) is 0 Å². The first-order valence-corrected chi connectivity index (χ1v) is 5.32. The molecule has 2 unspecified atom stereocenters. The molecule has 0 aromatic rings. The second kappa shape index (κ2) is 6.20. The van der Waals surface area contributed by atoms with Crippen LogP contribution in [0.25, 0.3) is 0 Å². The third kappa shape index (κ3) is 7.98. The van der Waals surface area contributed by atoms with Gasteiger partial charge in [-0.1, -0.05) is 0 Å². The number of hydrogen-bond acceptors (Lipinski definition) is 3. The Labute approximate surface area is 98.5 Å². The lowest BCUT2D eigenvalue weighted by molar-refractivity contribution is -0.139. The van der Waals surface area contributed by atoms with Gasteiger partial charge in [0.05, 0.1) is 11.6 Å². The van der Waals surface area contributed by atoms with Crippen molar-refractivity contribution in [1.29, 1.82) is 0 Å². The highest BCUT2D eigenvalue weighted by molar-refractivity contribution is 5.83. The number of carbonyl (C=O) groups excluding carboxylic acids is 1. The first kappa shape index (κ1) is 16.2. The summed E-state index contributed by atoms with van der Waals surface area (Å²) in [5, 5.41) is 0. The maximum absolute atomic E-state index is 11.8. The van der Waals surface area contributed by atoms with Crippen molar-refractivity contribution in [2.45, 2.75) is 50.9 Å². The molecular weight excluding hydrogens is 237 g/mol. The van der Waals surface area contributed by atoms with E-state index in [0.29, 0.717) is 0 Å². The lowest BCUT2D eigenvalue weighted by Crippen LogP contribution is -2.51. The molecule has 4 N–H and O–H groups in total. The van der Waals surface area contributed by atoms with Gasteiger partial charge in [-0.25, -0.2) is 0 Å². The second-order valence-corrected chi connectivity index (χ2v) is 4.39. The Balaban J connectivity index is 3.81. The normalized spacial score (nSPS) is 17.5. The van der Waals surface area contributed by atoms with Crippen LogP contribution in [0.4, 0.5) is 13.2 Å². The number of alkyl halides is 3. The molecule has 0 aliphatic carbocycles. The first-order chi connectivity index (χ1) is 7.54. The summed E-state index contributed by atoms with van der Waals surface area (Å²) >= 11 is 0. The van der Waals surface area contributed by atoms with Gasteiger partial charge in [-0.3, -0.25) is 4.79 Å². The summed E-state index contributed by atoms with van der Waals surface area (Å²) < 4.78 is 40.6. The van der Waals surface area contributed by atoms with E-state index in [2.05, 4.69) is 0 Å². The topological polar surface area (TPSA) is 78.3 Å². The van der Waals surface area contributed by atoms with Crippen molar-refractivity contribution in [1.82, 2.24) is 0 Å². The van der Waals surface area contributed by atoms with Crippen LogP contribution in [-0.4, -0.2) is 30.3 Å². The van der Waals surface area contributed by atoms with Gasteiger partial charge in [0.25, 0.3) is 0 Å². The molecule has 0 spiro atoms. The maximum atomic E-state index is 11.8. The van der Waals surface area contributed by atoms with Crippen LogP contribution in [0.5, 0.6) is 0 Å². The van der Waals surface area contributed by atoms with Gasteiger partial charge in [0.2, 0.25) is 5.91 Å². The first-order valence-electron chi connectivity index (χ1n) is 5.32. The molecule has 0 aromatic carbocycles. The molecule has 0 aromatic heterocycles. The zero-order valence-electron chi connectivity index (χ0n) is 10.0. The third-order valence-corrected chi connectivity index (χ3v) is 2.28. The van der Waals surface area contributed by atoms with Gasteiger partial charge in [-0.2, -0.15) is 13.2 Å². The summed E-state index contributed by atoms with van der Waals surface area (Å²) in [7, 11) is 0. The molecule has 0 rings (SSSR count). The minimum atomic E-state index is -4.16. The number of ether oxygens (including phenoxy) is 1. The van der Waals surface area contributed by atoms with Gasteiger partial charge < -0.3 is 16.2 Å². The zero-order chi connectivity index (χ0) is 13.7. The van der Waals surface area contributed by atoms with Gasteiger partial charge in [0.1, 0.15) is 0 Å². The Bertz CT molecular complexity index is 254. The summed E-state index contributed by atoms with van der Waals surface area (Å²) in [5.41, 5.74) is 9.46. The zero-order valence-corrected chi connectivity index (χ0v) is 10.0. The monoisotopic (exact) mass is 256 g/mol. The Morgan fingerprint density at radius 1 is 1.41 bits per heavy atom. The van der Waals surface area contributed by atoms with Crippen LogP contribution in [-0.2, 0) is 9.53 Å². The third-order valence-electron chi connectivity index (χ3n) is 2.28. The molecule has 7 heteroatoms. The highest BCUT2D eigenvalue weighted by atomic mass is 19.4. The number of amides is 1. The molecule has 17 heavy (non-hydrogen) atoms. The molecule has 102 valence electrons. The molecule has 0 saturated carbocycles. The van der Waals surface area contributed by atoms with Crippen LogP contribution in [0.1, 0.15) is 33.1 Å². The van der Waals surface area contributed by atoms with Crippen LogP contribution in [0, 0.1) is 0 Å². The number of hydrogen-bond donors (Lipinski definition) is 2. The number of primary amides is 1. The van der Waals surface area contributed by atoms with Gasteiger partial charge in [0, 0.05) is 13.0 Å². The average molecular weight is 256 g/mol. The minimum Gasteiger partial charge on any atom is -0.378 e. The van der Waals surface area contributed by atoms with Crippen LogP contribution in [0.15, 0.2) is 0 Å². The summed E-state index contributed by atoms with van der Waals surface area (Å²) in [6, 6.07) is 0. The van der Waals surface area contributed by atoms with E-state index < -0.39 is 30.1 Å². The van der Waals surface area contributed by atoms with E-state index in [1.54, 1.807) is 6.92 Å². The van der Waals surface area contributed by atoms with E-state index in [9.17, 15) is 18.0 Å². The Hall–Kier alpha value is -0.820. The molecule has 1 amide bonds. The lowest BCUT2D eigenvalue weighted by atomic mass is 9.95. The molecule has 0 fully saturated rings. The van der Waals surface area contributed by atoms with Crippen LogP contribution in [0.2, 0.25) is 0 Å². The van der Waals surface area contributed by atoms with Crippen molar-refractivity contribution in [3.63, 3.8) is 0 Å². The molecule has 0 radical (unpaired) electrons. The van der Waals surface area contributed by atoms with Crippen molar-refractivity contribution < 1.29 is 22.7 Å². The largest absolute Gasteiger partial charge is 0.389 e. The van der Waals surface area contributed by atoms with E-state index in [1.807, 2.05) is 0 Å². The number of carbonyl (C=O) groups is 1. The quantitative estimate of drug-likeness (QED) is 0.674. The molecular formula is C10H19F3N2O2. The lowest BCUT2D eigenvalue weighted by Gasteiger charge is -2.24. The molecule has 0 aliphatic rings. The molecule has 2 atom stereocenters. The fourth-order valence-corrected chi connectivity index (χ4v) is 1.31. The van der Waals surface area contributed by atoms with Gasteiger partial charge >= 0.3 is 6.18 Å². The average Bonchev–Trinajstić information content (AvgIpc) is 2.10. The molecule has 0 aliphatic heterocycles. The molecule has 0 saturated heterocycles. The Morgan fingerprint density at radius 2 is 1.94 bits per heavy atom. The highest BCUT2D eigenvalue weighted by Crippen LogP contribution is 2.21. The SMILES string of the molecule is CC(CC(C)(N)C(N)=O)OCCCC(F)(F)F. The summed E-state index contributed by atoms with van der Waals surface area (Å²) in [6.07, 6.45) is -5.39. The van der Waals surface area contributed by atoms with Crippen LogP contribution >= 0.6 is 0 Å². The summed E-state index contributed by atoms with van der Waals surface area (Å²) in [6.45, 7) is 3.09. The Kier molecular flexibility index (Phi) is 5.91. The highest BCUT2D eigenvalue weighted by Gasteiger charge is 2.29. The van der Waals surface area contributed by atoms with Gasteiger partial charge in [0.15, 0.2) is 0 Å². The van der Waals surface area contributed by atoms with Crippen molar-refractivity contribution in [3.05, 3.63) is 0 Å². The second-order valence-electron chi connectivity index (χ2n) is 4.39. The van der Waals surface area contributed by atoms with E-state index in [0.717, 1.165) is 0 Å².